The minimum atomic E-state index is -0.434. The minimum absolute atomic E-state index is 0.209. The number of carbonyl (C=O) groups excluding carboxylic acids is 1. The van der Waals surface area contributed by atoms with Crippen LogP contribution in [0.15, 0.2) is 28.2 Å². The Morgan fingerprint density at radius 1 is 1.54 bits per heavy atom. The van der Waals surface area contributed by atoms with Gasteiger partial charge in [0.2, 0.25) is 5.91 Å². The van der Waals surface area contributed by atoms with Crippen molar-refractivity contribution in [1.82, 2.24) is 14.8 Å². The van der Waals surface area contributed by atoms with Gasteiger partial charge in [-0.2, -0.15) is 0 Å². The first kappa shape index (κ1) is 18.4. The Hall–Kier alpha value is -1.93. The van der Waals surface area contributed by atoms with Crippen LogP contribution >= 0.6 is 23.4 Å². The van der Waals surface area contributed by atoms with E-state index in [1.165, 1.54) is 23.4 Å². The molecule has 1 amide bonds. The second-order valence-electron chi connectivity index (χ2n) is 5.06. The molecule has 2 rings (SSSR count). The monoisotopic (exact) mass is 370 g/mol. The fourth-order valence-electron chi connectivity index (χ4n) is 2.01. The summed E-state index contributed by atoms with van der Waals surface area (Å²) in [6, 6.07) is 5.02. The van der Waals surface area contributed by atoms with Crippen molar-refractivity contribution in [3.63, 3.8) is 0 Å². The van der Waals surface area contributed by atoms with Gasteiger partial charge in [0.1, 0.15) is 5.75 Å². The molecule has 1 aromatic heterocycles. The Kier molecular flexibility index (Phi) is 6.33. The molecule has 0 fully saturated rings. The molecular formula is C15H19ClN4O3S. The van der Waals surface area contributed by atoms with Gasteiger partial charge in [-0.05, 0) is 31.5 Å². The smallest absolute Gasteiger partial charge is 0.343 e. The first-order valence-electron chi connectivity index (χ1n) is 7.42. The zero-order valence-corrected chi connectivity index (χ0v) is 15.2. The summed E-state index contributed by atoms with van der Waals surface area (Å²) >= 11 is 7.27. The van der Waals surface area contributed by atoms with E-state index in [4.69, 9.17) is 16.3 Å². The molecule has 0 aliphatic heterocycles. The van der Waals surface area contributed by atoms with Crippen LogP contribution in [0.4, 0.5) is 5.69 Å². The van der Waals surface area contributed by atoms with Crippen LogP contribution < -0.4 is 15.7 Å². The Labute approximate surface area is 148 Å². The van der Waals surface area contributed by atoms with Gasteiger partial charge in [0.05, 0.1) is 17.4 Å². The van der Waals surface area contributed by atoms with E-state index in [0.29, 0.717) is 28.2 Å². The van der Waals surface area contributed by atoms with Crippen molar-refractivity contribution in [1.29, 1.82) is 0 Å². The van der Waals surface area contributed by atoms with Crippen LogP contribution in [0.25, 0.3) is 0 Å². The van der Waals surface area contributed by atoms with Crippen LogP contribution in [0.5, 0.6) is 5.75 Å². The number of nitrogens with one attached hydrogen (secondary N) is 2. The van der Waals surface area contributed by atoms with Crippen LogP contribution in [-0.4, -0.2) is 33.0 Å². The number of rotatable bonds is 7. The lowest BCUT2D eigenvalue weighted by molar-refractivity contribution is -0.115. The highest BCUT2D eigenvalue weighted by Crippen LogP contribution is 2.28. The van der Waals surface area contributed by atoms with Gasteiger partial charge in [0.25, 0.3) is 0 Å². The van der Waals surface area contributed by atoms with Gasteiger partial charge in [-0.1, -0.05) is 30.3 Å². The third-order valence-electron chi connectivity index (χ3n) is 3.24. The zero-order valence-electron chi connectivity index (χ0n) is 13.6. The molecule has 0 saturated heterocycles. The van der Waals surface area contributed by atoms with E-state index in [2.05, 4.69) is 15.5 Å². The van der Waals surface area contributed by atoms with Crippen LogP contribution in [0, 0.1) is 0 Å². The summed E-state index contributed by atoms with van der Waals surface area (Å²) in [4.78, 5) is 24.0. The van der Waals surface area contributed by atoms with Gasteiger partial charge in [0, 0.05) is 12.2 Å². The maximum atomic E-state index is 12.3. The predicted molar refractivity (Wildman–Crippen MR) is 95.1 cm³/mol. The molecule has 1 atom stereocenters. The van der Waals surface area contributed by atoms with E-state index in [0.717, 1.165) is 6.42 Å². The SMILES string of the molecule is CCCn1c(S[C@@H](C)C(=O)Nc2ccc(OC)c(Cl)c2)n[nH]c1=O. The lowest BCUT2D eigenvalue weighted by atomic mass is 10.3. The number of anilines is 1. The van der Waals surface area contributed by atoms with Crippen molar-refractivity contribution >= 4 is 35.0 Å². The molecule has 2 N–H and O–H groups in total. The molecule has 24 heavy (non-hydrogen) atoms. The Morgan fingerprint density at radius 3 is 2.92 bits per heavy atom. The first-order valence-corrected chi connectivity index (χ1v) is 8.68. The van der Waals surface area contributed by atoms with Gasteiger partial charge in [0.15, 0.2) is 5.16 Å². The first-order chi connectivity index (χ1) is 11.5. The summed E-state index contributed by atoms with van der Waals surface area (Å²) in [5.41, 5.74) is 0.306. The number of thioether (sulfide) groups is 1. The number of halogens is 1. The van der Waals surface area contributed by atoms with Crippen molar-refractivity contribution in [3.05, 3.63) is 33.7 Å². The number of H-pyrrole nitrogens is 1. The Morgan fingerprint density at radius 2 is 2.29 bits per heavy atom. The number of amides is 1. The minimum Gasteiger partial charge on any atom is -0.495 e. The number of hydrogen-bond donors (Lipinski definition) is 2. The maximum Gasteiger partial charge on any atom is 0.343 e. The van der Waals surface area contributed by atoms with Gasteiger partial charge in [-0.25, -0.2) is 9.89 Å². The zero-order chi connectivity index (χ0) is 17.7. The molecule has 2 aromatic rings. The molecule has 0 aliphatic rings. The topological polar surface area (TPSA) is 89.0 Å². The predicted octanol–water partition coefficient (Wildman–Crippen LogP) is 2.76. The highest BCUT2D eigenvalue weighted by molar-refractivity contribution is 8.00. The van der Waals surface area contributed by atoms with Crippen LogP contribution in [0.3, 0.4) is 0 Å². The summed E-state index contributed by atoms with van der Waals surface area (Å²) in [6.07, 6.45) is 0.803. The van der Waals surface area contributed by atoms with E-state index in [1.807, 2.05) is 6.92 Å². The number of aromatic amines is 1. The molecule has 1 heterocycles. The third kappa shape index (κ3) is 4.33. The van der Waals surface area contributed by atoms with E-state index in [-0.39, 0.29) is 11.6 Å². The number of benzene rings is 1. The van der Waals surface area contributed by atoms with Crippen molar-refractivity contribution in [2.45, 2.75) is 37.2 Å². The average Bonchev–Trinajstić information content (AvgIpc) is 2.88. The van der Waals surface area contributed by atoms with Gasteiger partial charge < -0.3 is 10.1 Å². The largest absolute Gasteiger partial charge is 0.495 e. The number of aromatic nitrogens is 3. The standard InChI is InChI=1S/C15H19ClN4O3S/c1-4-7-20-14(22)18-19-15(20)24-9(2)13(21)17-10-5-6-12(23-3)11(16)8-10/h5-6,8-9H,4,7H2,1-3H3,(H,17,21)(H,18,22)/t9-/m0/s1. The van der Waals surface area contributed by atoms with Crippen molar-refractivity contribution < 1.29 is 9.53 Å². The number of hydrogen-bond acceptors (Lipinski definition) is 5. The normalized spacial score (nSPS) is 12.0. The summed E-state index contributed by atoms with van der Waals surface area (Å²) in [5, 5.41) is 9.65. The molecule has 130 valence electrons. The van der Waals surface area contributed by atoms with E-state index in [1.54, 1.807) is 25.1 Å². The maximum absolute atomic E-state index is 12.3. The van der Waals surface area contributed by atoms with Crippen LogP contribution in [0.2, 0.25) is 5.02 Å². The second kappa shape index (κ2) is 8.25. The van der Waals surface area contributed by atoms with Gasteiger partial charge in [-0.15, -0.1) is 5.10 Å². The number of methoxy groups -OCH3 is 1. The highest BCUT2D eigenvalue weighted by Gasteiger charge is 2.19. The van der Waals surface area contributed by atoms with E-state index in [9.17, 15) is 9.59 Å². The van der Waals surface area contributed by atoms with E-state index >= 15 is 0 Å². The molecule has 0 spiro atoms. The molecule has 0 saturated carbocycles. The van der Waals surface area contributed by atoms with Crippen LogP contribution in [0.1, 0.15) is 20.3 Å². The summed E-state index contributed by atoms with van der Waals surface area (Å²) < 4.78 is 6.60. The van der Waals surface area contributed by atoms with Gasteiger partial charge in [-0.3, -0.25) is 9.36 Å². The molecule has 0 aliphatic carbocycles. The highest BCUT2D eigenvalue weighted by atomic mass is 35.5. The molecule has 0 bridgehead atoms. The molecule has 0 unspecified atom stereocenters. The van der Waals surface area contributed by atoms with Gasteiger partial charge >= 0.3 is 5.69 Å². The van der Waals surface area contributed by atoms with Crippen molar-refractivity contribution in [3.8, 4) is 5.75 Å². The molecule has 1 aromatic carbocycles. The lowest BCUT2D eigenvalue weighted by Gasteiger charge is -2.13. The fraction of sp³-hybridized carbons (Fsp3) is 0.400. The molecular weight excluding hydrogens is 352 g/mol. The Bertz CT molecular complexity index is 774. The third-order valence-corrected chi connectivity index (χ3v) is 4.63. The quantitative estimate of drug-likeness (QED) is 0.731. The van der Waals surface area contributed by atoms with Crippen molar-refractivity contribution in [2.75, 3.05) is 12.4 Å². The molecule has 0 radical (unpaired) electrons. The summed E-state index contributed by atoms with van der Waals surface area (Å²) in [6.45, 7) is 4.28. The fourth-order valence-corrected chi connectivity index (χ4v) is 3.15. The Balaban J connectivity index is 2.05. The number of nitrogens with zero attached hydrogens (tertiary/aromatic N) is 2. The second-order valence-corrected chi connectivity index (χ2v) is 6.78. The summed E-state index contributed by atoms with van der Waals surface area (Å²) in [5.74, 6) is 0.330. The average molecular weight is 371 g/mol. The number of ether oxygens (including phenoxy) is 1. The van der Waals surface area contributed by atoms with Crippen LogP contribution in [-0.2, 0) is 11.3 Å². The number of carbonyl (C=O) groups is 1. The van der Waals surface area contributed by atoms with E-state index < -0.39 is 5.25 Å². The molecule has 7 nitrogen and oxygen atoms in total. The van der Waals surface area contributed by atoms with Crippen molar-refractivity contribution in [2.24, 2.45) is 0 Å². The lowest BCUT2D eigenvalue weighted by Crippen LogP contribution is -2.24. The molecule has 9 heteroatoms. The summed E-state index contributed by atoms with van der Waals surface area (Å²) in [7, 11) is 1.53.